The molecular formula is C16H25ClN2O3. The van der Waals surface area contributed by atoms with Gasteiger partial charge < -0.3 is 20.1 Å². The highest BCUT2D eigenvalue weighted by atomic mass is 35.5. The summed E-state index contributed by atoms with van der Waals surface area (Å²) in [7, 11) is 1.90. The molecule has 0 aliphatic carbocycles. The zero-order valence-corrected chi connectivity index (χ0v) is 14.2. The molecule has 6 heteroatoms. The lowest BCUT2D eigenvalue weighted by atomic mass is 9.83. The average Bonchev–Trinajstić information content (AvgIpc) is 2.50. The van der Waals surface area contributed by atoms with Crippen molar-refractivity contribution in [2.45, 2.75) is 25.7 Å². The van der Waals surface area contributed by atoms with Crippen LogP contribution in [0.5, 0.6) is 11.5 Å². The highest BCUT2D eigenvalue weighted by Crippen LogP contribution is 2.35. The van der Waals surface area contributed by atoms with Gasteiger partial charge in [0.25, 0.3) is 0 Å². The lowest BCUT2D eigenvalue weighted by molar-refractivity contribution is -0.125. The van der Waals surface area contributed by atoms with E-state index in [-0.39, 0.29) is 18.3 Å². The molecule has 2 rings (SSSR count). The SMILES string of the molecule is CNCCCNC(=O)C(C)(C)c1ccc2c(c1)OCCO2.Cl. The van der Waals surface area contributed by atoms with Gasteiger partial charge in [-0.2, -0.15) is 0 Å². The molecule has 0 fully saturated rings. The standard InChI is InChI=1S/C16H24N2O3.ClH/c1-16(2,15(19)18-8-4-7-17-3)12-5-6-13-14(11-12)21-10-9-20-13;/h5-6,11,17H,4,7-10H2,1-3H3,(H,18,19);1H. The predicted molar refractivity (Wildman–Crippen MR) is 89.3 cm³/mol. The van der Waals surface area contributed by atoms with E-state index in [2.05, 4.69) is 10.6 Å². The quantitative estimate of drug-likeness (QED) is 0.783. The second kappa shape index (κ2) is 8.25. The van der Waals surface area contributed by atoms with Crippen molar-refractivity contribution in [3.8, 4) is 11.5 Å². The number of carbonyl (C=O) groups excluding carboxylic acids is 1. The van der Waals surface area contributed by atoms with Gasteiger partial charge in [0, 0.05) is 6.54 Å². The van der Waals surface area contributed by atoms with E-state index >= 15 is 0 Å². The van der Waals surface area contributed by atoms with Gasteiger partial charge in [-0.25, -0.2) is 0 Å². The predicted octanol–water partition coefficient (Wildman–Crippen LogP) is 1.88. The first-order valence-corrected chi connectivity index (χ1v) is 7.38. The summed E-state index contributed by atoms with van der Waals surface area (Å²) in [6, 6.07) is 5.71. The van der Waals surface area contributed by atoms with Crippen LogP contribution in [0.2, 0.25) is 0 Å². The summed E-state index contributed by atoms with van der Waals surface area (Å²) in [4.78, 5) is 12.4. The summed E-state index contributed by atoms with van der Waals surface area (Å²) in [6.07, 6.45) is 0.916. The Morgan fingerprint density at radius 1 is 1.18 bits per heavy atom. The van der Waals surface area contributed by atoms with Crippen molar-refractivity contribution < 1.29 is 14.3 Å². The van der Waals surface area contributed by atoms with Gasteiger partial charge in [0.1, 0.15) is 13.2 Å². The first-order valence-electron chi connectivity index (χ1n) is 7.38. The Balaban J connectivity index is 0.00000242. The lowest BCUT2D eigenvalue weighted by Gasteiger charge is -2.26. The molecule has 1 aromatic rings. The van der Waals surface area contributed by atoms with Crippen molar-refractivity contribution >= 4 is 18.3 Å². The van der Waals surface area contributed by atoms with Crippen LogP contribution in [0.1, 0.15) is 25.8 Å². The third-order valence-electron chi connectivity index (χ3n) is 3.72. The smallest absolute Gasteiger partial charge is 0.230 e. The molecule has 0 saturated heterocycles. The number of amides is 1. The van der Waals surface area contributed by atoms with Crippen molar-refractivity contribution in [1.82, 2.24) is 10.6 Å². The Kier molecular flexibility index (Phi) is 6.97. The van der Waals surface area contributed by atoms with Crippen LogP contribution in [0.15, 0.2) is 18.2 Å². The van der Waals surface area contributed by atoms with Gasteiger partial charge in [-0.05, 0) is 51.6 Å². The van der Waals surface area contributed by atoms with Crippen LogP contribution in [-0.4, -0.2) is 39.3 Å². The van der Waals surface area contributed by atoms with E-state index in [9.17, 15) is 4.79 Å². The molecule has 1 heterocycles. The summed E-state index contributed by atoms with van der Waals surface area (Å²) >= 11 is 0. The average molecular weight is 329 g/mol. The van der Waals surface area contributed by atoms with Gasteiger partial charge in [-0.15, -0.1) is 12.4 Å². The number of carbonyl (C=O) groups is 1. The molecule has 1 aliphatic heterocycles. The van der Waals surface area contributed by atoms with Crippen molar-refractivity contribution in [2.24, 2.45) is 0 Å². The van der Waals surface area contributed by atoms with E-state index in [1.807, 2.05) is 39.1 Å². The molecule has 0 saturated carbocycles. The first-order chi connectivity index (χ1) is 10.1. The summed E-state index contributed by atoms with van der Waals surface area (Å²) in [5.41, 5.74) is 0.327. The Labute approximate surface area is 138 Å². The summed E-state index contributed by atoms with van der Waals surface area (Å²) in [5, 5.41) is 6.05. The molecule has 0 radical (unpaired) electrons. The van der Waals surface area contributed by atoms with Gasteiger partial charge in [0.2, 0.25) is 5.91 Å². The fraction of sp³-hybridized carbons (Fsp3) is 0.562. The molecule has 124 valence electrons. The maximum atomic E-state index is 12.4. The van der Waals surface area contributed by atoms with Crippen molar-refractivity contribution in [3.05, 3.63) is 23.8 Å². The Hall–Kier alpha value is -1.46. The number of rotatable bonds is 6. The minimum Gasteiger partial charge on any atom is -0.486 e. The fourth-order valence-corrected chi connectivity index (χ4v) is 2.25. The number of hydrogen-bond acceptors (Lipinski definition) is 4. The largest absolute Gasteiger partial charge is 0.486 e. The van der Waals surface area contributed by atoms with Crippen molar-refractivity contribution in [2.75, 3.05) is 33.4 Å². The first kappa shape index (κ1) is 18.6. The van der Waals surface area contributed by atoms with Gasteiger partial charge in [-0.1, -0.05) is 6.07 Å². The zero-order valence-electron chi connectivity index (χ0n) is 13.4. The number of benzene rings is 1. The van der Waals surface area contributed by atoms with E-state index < -0.39 is 5.41 Å². The molecule has 1 aliphatic rings. The molecular weight excluding hydrogens is 304 g/mol. The molecule has 5 nitrogen and oxygen atoms in total. The van der Waals surface area contributed by atoms with Crippen LogP contribution in [-0.2, 0) is 10.2 Å². The maximum Gasteiger partial charge on any atom is 0.230 e. The number of halogens is 1. The summed E-state index contributed by atoms with van der Waals surface area (Å²) < 4.78 is 11.1. The third-order valence-corrected chi connectivity index (χ3v) is 3.72. The van der Waals surface area contributed by atoms with E-state index in [4.69, 9.17) is 9.47 Å². The topological polar surface area (TPSA) is 59.6 Å². The van der Waals surface area contributed by atoms with Crippen LogP contribution in [0.25, 0.3) is 0 Å². The van der Waals surface area contributed by atoms with Crippen LogP contribution in [0, 0.1) is 0 Å². The van der Waals surface area contributed by atoms with Gasteiger partial charge in [-0.3, -0.25) is 4.79 Å². The fourth-order valence-electron chi connectivity index (χ4n) is 2.25. The van der Waals surface area contributed by atoms with Crippen molar-refractivity contribution in [3.63, 3.8) is 0 Å². The van der Waals surface area contributed by atoms with E-state index in [0.29, 0.717) is 19.8 Å². The summed E-state index contributed by atoms with van der Waals surface area (Å²) in [6.45, 7) is 6.53. The number of nitrogens with one attached hydrogen (secondary N) is 2. The molecule has 0 spiro atoms. The second-order valence-corrected chi connectivity index (χ2v) is 5.70. The Morgan fingerprint density at radius 3 is 2.55 bits per heavy atom. The van der Waals surface area contributed by atoms with Crippen LogP contribution in [0.4, 0.5) is 0 Å². The van der Waals surface area contributed by atoms with Crippen LogP contribution >= 0.6 is 12.4 Å². The molecule has 0 unspecified atom stereocenters. The highest BCUT2D eigenvalue weighted by molar-refractivity contribution is 5.87. The molecule has 1 amide bonds. The molecule has 2 N–H and O–H groups in total. The van der Waals surface area contributed by atoms with Crippen LogP contribution < -0.4 is 20.1 Å². The maximum absolute atomic E-state index is 12.4. The minimum absolute atomic E-state index is 0. The highest BCUT2D eigenvalue weighted by Gasteiger charge is 2.30. The monoisotopic (exact) mass is 328 g/mol. The minimum atomic E-state index is -0.602. The Bertz CT molecular complexity index is 506. The van der Waals surface area contributed by atoms with Crippen LogP contribution in [0.3, 0.4) is 0 Å². The number of ether oxygens (including phenoxy) is 2. The molecule has 0 aromatic heterocycles. The van der Waals surface area contributed by atoms with Gasteiger partial charge in [0.05, 0.1) is 5.41 Å². The van der Waals surface area contributed by atoms with E-state index in [1.165, 1.54) is 0 Å². The number of hydrogen-bond donors (Lipinski definition) is 2. The third kappa shape index (κ3) is 4.27. The molecule has 0 atom stereocenters. The normalized spacial score (nSPS) is 13.2. The van der Waals surface area contributed by atoms with Gasteiger partial charge >= 0.3 is 0 Å². The van der Waals surface area contributed by atoms with E-state index in [0.717, 1.165) is 30.0 Å². The van der Waals surface area contributed by atoms with Gasteiger partial charge in [0.15, 0.2) is 11.5 Å². The Morgan fingerprint density at radius 2 is 1.86 bits per heavy atom. The molecule has 1 aromatic carbocycles. The number of fused-ring (bicyclic) bond motifs is 1. The summed E-state index contributed by atoms with van der Waals surface area (Å²) in [5.74, 6) is 1.49. The zero-order chi connectivity index (χ0) is 15.3. The molecule has 22 heavy (non-hydrogen) atoms. The van der Waals surface area contributed by atoms with E-state index in [1.54, 1.807) is 0 Å². The molecule has 0 bridgehead atoms. The lowest BCUT2D eigenvalue weighted by Crippen LogP contribution is -2.41. The second-order valence-electron chi connectivity index (χ2n) is 5.70. The van der Waals surface area contributed by atoms with Crippen molar-refractivity contribution in [1.29, 1.82) is 0 Å².